The van der Waals surface area contributed by atoms with E-state index >= 15 is 0 Å². The summed E-state index contributed by atoms with van der Waals surface area (Å²) in [4.78, 5) is 18.8. The maximum absolute atomic E-state index is 13.7. The molecule has 28 heavy (non-hydrogen) atoms. The van der Waals surface area contributed by atoms with Crippen molar-refractivity contribution in [2.24, 2.45) is 0 Å². The summed E-state index contributed by atoms with van der Waals surface area (Å²) in [5.74, 6) is -0.525. The van der Waals surface area contributed by atoms with Crippen LogP contribution < -0.4 is 10.2 Å². The highest BCUT2D eigenvalue weighted by Crippen LogP contribution is 2.32. The lowest BCUT2D eigenvalue weighted by Crippen LogP contribution is -2.21. The summed E-state index contributed by atoms with van der Waals surface area (Å²) in [5.41, 5.74) is 1.51. The maximum Gasteiger partial charge on any atom is 0.364 e. The van der Waals surface area contributed by atoms with E-state index in [2.05, 4.69) is 34.1 Å². The van der Waals surface area contributed by atoms with Gasteiger partial charge in [-0.05, 0) is 62.7 Å². The predicted molar refractivity (Wildman–Crippen MR) is 105 cm³/mol. The van der Waals surface area contributed by atoms with Crippen molar-refractivity contribution in [2.75, 3.05) is 23.3 Å². The van der Waals surface area contributed by atoms with Crippen molar-refractivity contribution in [3.05, 3.63) is 53.5 Å². The Bertz CT molecular complexity index is 994. The molecule has 0 aliphatic rings. The number of alkyl halides is 3. The van der Waals surface area contributed by atoms with Crippen LogP contribution in [-0.2, 0) is 5.38 Å². The third kappa shape index (κ3) is 4.06. The maximum atomic E-state index is 13.7. The third-order valence-electron chi connectivity index (χ3n) is 4.33. The van der Waals surface area contributed by atoms with E-state index in [1.807, 2.05) is 12.1 Å². The molecule has 0 aliphatic carbocycles. The lowest BCUT2D eigenvalue weighted by atomic mass is 10.2. The Hall–Kier alpha value is -2.74. The molecule has 2 heterocycles. The SMILES string of the molecule is CCN(CC)c1ccc(NC(=O)c2cc3nc(C)cc(C(F)(F)Cl)n3n2)cc1. The second-order valence-corrected chi connectivity index (χ2v) is 6.73. The molecule has 0 unspecified atom stereocenters. The fourth-order valence-electron chi connectivity index (χ4n) is 2.95. The molecule has 1 N–H and O–H groups in total. The van der Waals surface area contributed by atoms with Crippen molar-refractivity contribution in [1.82, 2.24) is 14.6 Å². The van der Waals surface area contributed by atoms with Crippen LogP contribution in [0.4, 0.5) is 20.2 Å². The van der Waals surface area contributed by atoms with Crippen LogP contribution in [0.15, 0.2) is 36.4 Å². The molecule has 0 saturated carbocycles. The molecule has 9 heteroatoms. The molecule has 0 fully saturated rings. The molecule has 0 spiro atoms. The van der Waals surface area contributed by atoms with Crippen molar-refractivity contribution in [1.29, 1.82) is 0 Å². The van der Waals surface area contributed by atoms with E-state index < -0.39 is 17.0 Å². The number of nitrogens with one attached hydrogen (secondary N) is 1. The largest absolute Gasteiger partial charge is 0.372 e. The van der Waals surface area contributed by atoms with Gasteiger partial charge in [0.05, 0.1) is 0 Å². The van der Waals surface area contributed by atoms with Crippen LogP contribution in [0.3, 0.4) is 0 Å². The highest BCUT2D eigenvalue weighted by atomic mass is 35.5. The normalized spacial score (nSPS) is 11.6. The summed E-state index contributed by atoms with van der Waals surface area (Å²) in [7, 11) is 0. The van der Waals surface area contributed by atoms with E-state index in [0.29, 0.717) is 11.4 Å². The first-order valence-corrected chi connectivity index (χ1v) is 9.21. The van der Waals surface area contributed by atoms with Gasteiger partial charge in [0.1, 0.15) is 5.69 Å². The van der Waals surface area contributed by atoms with Crippen LogP contribution in [0.25, 0.3) is 5.65 Å². The third-order valence-corrected chi connectivity index (χ3v) is 4.53. The first kappa shape index (κ1) is 20.0. The van der Waals surface area contributed by atoms with Crippen LogP contribution in [0.1, 0.15) is 35.7 Å². The molecule has 0 atom stereocenters. The van der Waals surface area contributed by atoms with Crippen molar-refractivity contribution >= 4 is 34.5 Å². The van der Waals surface area contributed by atoms with Gasteiger partial charge in [-0.2, -0.15) is 13.9 Å². The van der Waals surface area contributed by atoms with Crippen LogP contribution in [-0.4, -0.2) is 33.6 Å². The number of benzene rings is 1. The Labute approximate surface area is 166 Å². The first-order chi connectivity index (χ1) is 13.2. The van der Waals surface area contributed by atoms with Gasteiger partial charge in [-0.15, -0.1) is 0 Å². The monoisotopic (exact) mass is 407 g/mol. The number of fused-ring (bicyclic) bond motifs is 1. The van der Waals surface area contributed by atoms with Gasteiger partial charge in [0.15, 0.2) is 11.3 Å². The predicted octanol–water partition coefficient (Wildman–Crippen LogP) is 4.42. The molecule has 6 nitrogen and oxygen atoms in total. The van der Waals surface area contributed by atoms with Crippen LogP contribution >= 0.6 is 11.6 Å². The summed E-state index contributed by atoms with van der Waals surface area (Å²) in [5, 5.41) is 3.04. The minimum atomic E-state index is -3.63. The van der Waals surface area contributed by atoms with E-state index in [4.69, 9.17) is 11.6 Å². The number of nitrogens with zero attached hydrogens (tertiary/aromatic N) is 4. The van der Waals surface area contributed by atoms with Gasteiger partial charge in [0, 0.05) is 36.2 Å². The quantitative estimate of drug-likeness (QED) is 0.614. The summed E-state index contributed by atoms with van der Waals surface area (Å²) in [6.45, 7) is 7.46. The molecule has 3 aromatic rings. The van der Waals surface area contributed by atoms with Crippen molar-refractivity contribution < 1.29 is 13.6 Å². The van der Waals surface area contributed by atoms with E-state index in [9.17, 15) is 13.6 Å². The minimum Gasteiger partial charge on any atom is -0.372 e. The fraction of sp³-hybridized carbons (Fsp3) is 0.316. The number of halogens is 3. The standard InChI is InChI=1S/C19H20ClF2N5O/c1-4-26(5-2)14-8-6-13(7-9-14)24-18(28)15-11-17-23-12(3)10-16(19(20,21)22)27(17)25-15/h6-11H,4-5H2,1-3H3,(H,24,28). The second kappa shape index (κ2) is 7.71. The van der Waals surface area contributed by atoms with Gasteiger partial charge < -0.3 is 10.2 Å². The number of anilines is 2. The molecule has 148 valence electrons. The van der Waals surface area contributed by atoms with Gasteiger partial charge in [-0.25, -0.2) is 9.50 Å². The number of aromatic nitrogens is 3. The zero-order valence-corrected chi connectivity index (χ0v) is 16.5. The molecule has 0 radical (unpaired) electrons. The lowest BCUT2D eigenvalue weighted by molar-refractivity contribution is 0.0868. The zero-order chi connectivity index (χ0) is 20.5. The van der Waals surface area contributed by atoms with Crippen LogP contribution in [0, 0.1) is 6.92 Å². The Morgan fingerprint density at radius 2 is 1.86 bits per heavy atom. The Balaban J connectivity index is 1.86. The molecular weight excluding hydrogens is 388 g/mol. The molecule has 0 aliphatic heterocycles. The highest BCUT2D eigenvalue weighted by molar-refractivity contribution is 6.21. The molecule has 3 rings (SSSR count). The van der Waals surface area contributed by atoms with E-state index in [1.54, 1.807) is 19.1 Å². The fourth-order valence-corrected chi connectivity index (χ4v) is 3.09. The molecule has 1 amide bonds. The zero-order valence-electron chi connectivity index (χ0n) is 15.7. The smallest absolute Gasteiger partial charge is 0.364 e. The molecule has 0 bridgehead atoms. The number of hydrogen-bond donors (Lipinski definition) is 1. The van der Waals surface area contributed by atoms with Crippen molar-refractivity contribution in [3.8, 4) is 0 Å². The second-order valence-electron chi connectivity index (χ2n) is 6.25. The lowest BCUT2D eigenvalue weighted by Gasteiger charge is -2.21. The molecular formula is C19H20ClF2N5O. The minimum absolute atomic E-state index is 0.0342. The number of aryl methyl sites for hydroxylation is 1. The summed E-state index contributed by atoms with van der Waals surface area (Å²) < 4.78 is 28.2. The van der Waals surface area contributed by atoms with Crippen LogP contribution in [0.2, 0.25) is 0 Å². The summed E-state index contributed by atoms with van der Waals surface area (Å²) in [6.07, 6.45) is 0. The van der Waals surface area contributed by atoms with Gasteiger partial charge in [-0.3, -0.25) is 4.79 Å². The van der Waals surface area contributed by atoms with Gasteiger partial charge in [-0.1, -0.05) is 0 Å². The topological polar surface area (TPSA) is 62.5 Å². The van der Waals surface area contributed by atoms with Gasteiger partial charge in [0.25, 0.3) is 5.91 Å². The van der Waals surface area contributed by atoms with Gasteiger partial charge in [0.2, 0.25) is 0 Å². The number of rotatable bonds is 6. The van der Waals surface area contributed by atoms with E-state index in [-0.39, 0.29) is 11.3 Å². The average Bonchev–Trinajstić information content (AvgIpc) is 3.06. The van der Waals surface area contributed by atoms with Crippen LogP contribution in [0.5, 0.6) is 0 Å². The number of hydrogen-bond acceptors (Lipinski definition) is 4. The Kier molecular flexibility index (Phi) is 5.51. The number of carbonyl (C=O) groups is 1. The molecule has 2 aromatic heterocycles. The summed E-state index contributed by atoms with van der Waals surface area (Å²) >= 11 is 5.17. The average molecular weight is 408 g/mol. The Morgan fingerprint density at radius 3 is 2.43 bits per heavy atom. The van der Waals surface area contributed by atoms with E-state index in [1.165, 1.54) is 6.07 Å². The molecule has 0 saturated heterocycles. The number of carbonyl (C=O) groups excluding carboxylic acids is 1. The molecule has 1 aromatic carbocycles. The Morgan fingerprint density at radius 1 is 1.21 bits per heavy atom. The van der Waals surface area contributed by atoms with E-state index in [0.717, 1.165) is 29.4 Å². The first-order valence-electron chi connectivity index (χ1n) is 8.84. The van der Waals surface area contributed by atoms with Crippen molar-refractivity contribution in [3.63, 3.8) is 0 Å². The summed E-state index contributed by atoms with van der Waals surface area (Å²) in [6, 6.07) is 9.86. The van der Waals surface area contributed by atoms with Gasteiger partial charge >= 0.3 is 5.38 Å². The van der Waals surface area contributed by atoms with Crippen molar-refractivity contribution in [2.45, 2.75) is 26.2 Å². The highest BCUT2D eigenvalue weighted by Gasteiger charge is 2.32. The number of amides is 1.